The molecule has 0 bridgehead atoms. The third-order valence-electron chi connectivity index (χ3n) is 4.94. The monoisotopic (exact) mass is 398 g/mol. The normalized spacial score (nSPS) is 14.6. The number of nitrogens with one attached hydrogen (secondary N) is 2. The van der Waals surface area contributed by atoms with Crippen LogP contribution in [-0.2, 0) is 17.9 Å². The summed E-state index contributed by atoms with van der Waals surface area (Å²) in [7, 11) is 0. The fourth-order valence-electron chi connectivity index (χ4n) is 3.27. The molecule has 0 unspecified atom stereocenters. The van der Waals surface area contributed by atoms with Crippen molar-refractivity contribution in [3.63, 3.8) is 0 Å². The summed E-state index contributed by atoms with van der Waals surface area (Å²) in [6.45, 7) is 8.82. The van der Waals surface area contributed by atoms with Gasteiger partial charge >= 0.3 is 6.03 Å². The van der Waals surface area contributed by atoms with Crippen molar-refractivity contribution in [3.8, 4) is 0 Å². The van der Waals surface area contributed by atoms with Crippen molar-refractivity contribution in [2.45, 2.75) is 20.1 Å². The topological polar surface area (TPSA) is 82.6 Å². The Bertz CT molecular complexity index is 750. The zero-order chi connectivity index (χ0) is 20.3. The molecule has 0 atom stereocenters. The fourth-order valence-corrected chi connectivity index (χ4v) is 3.27. The van der Waals surface area contributed by atoms with Crippen LogP contribution in [0, 0.1) is 0 Å². The van der Waals surface area contributed by atoms with E-state index in [0.29, 0.717) is 26.3 Å². The van der Waals surface area contributed by atoms with Crippen molar-refractivity contribution in [2.24, 2.45) is 0 Å². The first-order valence-electron chi connectivity index (χ1n) is 10.2. The molecule has 0 spiro atoms. The van der Waals surface area contributed by atoms with Gasteiger partial charge in [-0.3, -0.25) is 4.90 Å². The molecule has 1 aliphatic heterocycles. The first-order valence-corrected chi connectivity index (χ1v) is 10.2. The van der Waals surface area contributed by atoms with Gasteiger partial charge in [-0.25, -0.2) is 14.8 Å². The summed E-state index contributed by atoms with van der Waals surface area (Å²) in [6, 6.07) is 9.70. The predicted octanol–water partition coefficient (Wildman–Crippen LogP) is 1.63. The van der Waals surface area contributed by atoms with Crippen LogP contribution >= 0.6 is 0 Å². The summed E-state index contributed by atoms with van der Waals surface area (Å²) in [6.07, 6.45) is 3.54. The molecule has 0 saturated carbocycles. The van der Waals surface area contributed by atoms with E-state index in [1.54, 1.807) is 12.4 Å². The largest absolute Gasteiger partial charge is 0.377 e. The predicted molar refractivity (Wildman–Crippen MR) is 113 cm³/mol. The van der Waals surface area contributed by atoms with Gasteiger partial charge in [0.25, 0.3) is 0 Å². The first-order chi connectivity index (χ1) is 14.3. The van der Waals surface area contributed by atoms with E-state index < -0.39 is 0 Å². The van der Waals surface area contributed by atoms with Crippen LogP contribution in [0.3, 0.4) is 0 Å². The third kappa shape index (κ3) is 6.69. The maximum atomic E-state index is 12.1. The first kappa shape index (κ1) is 21.0. The Morgan fingerprint density at radius 2 is 1.76 bits per heavy atom. The van der Waals surface area contributed by atoms with Crippen LogP contribution in [0.4, 0.5) is 10.7 Å². The number of urea groups is 1. The Morgan fingerprint density at radius 3 is 2.48 bits per heavy atom. The van der Waals surface area contributed by atoms with Gasteiger partial charge in [0.1, 0.15) is 0 Å². The smallest absolute Gasteiger partial charge is 0.315 e. The van der Waals surface area contributed by atoms with Crippen molar-refractivity contribution in [1.82, 2.24) is 25.5 Å². The van der Waals surface area contributed by atoms with Gasteiger partial charge < -0.3 is 20.3 Å². The van der Waals surface area contributed by atoms with E-state index in [0.717, 1.165) is 49.8 Å². The molecule has 29 heavy (non-hydrogen) atoms. The quantitative estimate of drug-likeness (QED) is 0.668. The average Bonchev–Trinajstić information content (AvgIpc) is 2.78. The number of rotatable bonds is 9. The number of piperazine rings is 1. The van der Waals surface area contributed by atoms with E-state index in [9.17, 15) is 4.79 Å². The lowest BCUT2D eigenvalue weighted by Crippen LogP contribution is -2.49. The minimum atomic E-state index is -0.146. The third-order valence-corrected chi connectivity index (χ3v) is 4.94. The van der Waals surface area contributed by atoms with Crippen molar-refractivity contribution >= 4 is 12.0 Å². The fraction of sp³-hybridized carbons (Fsp3) is 0.476. The minimum absolute atomic E-state index is 0.146. The molecule has 156 valence electrons. The van der Waals surface area contributed by atoms with Gasteiger partial charge in [0.15, 0.2) is 0 Å². The molecule has 0 radical (unpaired) electrons. The summed E-state index contributed by atoms with van der Waals surface area (Å²) in [4.78, 5) is 25.3. The molecule has 2 heterocycles. The van der Waals surface area contributed by atoms with Crippen LogP contribution in [0.15, 0.2) is 42.7 Å². The second-order valence-corrected chi connectivity index (χ2v) is 6.89. The van der Waals surface area contributed by atoms with Crippen LogP contribution in [0.5, 0.6) is 0 Å². The van der Waals surface area contributed by atoms with Crippen molar-refractivity contribution < 1.29 is 9.53 Å². The summed E-state index contributed by atoms with van der Waals surface area (Å²) in [5.74, 6) is 0.786. The number of hydrogen-bond donors (Lipinski definition) is 2. The van der Waals surface area contributed by atoms with Crippen LogP contribution in [0.25, 0.3) is 0 Å². The lowest BCUT2D eigenvalue weighted by molar-refractivity contribution is 0.133. The van der Waals surface area contributed by atoms with Gasteiger partial charge in [-0.15, -0.1) is 0 Å². The number of nitrogens with zero attached hydrogens (tertiary/aromatic N) is 4. The Morgan fingerprint density at radius 1 is 1.03 bits per heavy atom. The van der Waals surface area contributed by atoms with Gasteiger partial charge in [-0.1, -0.05) is 24.3 Å². The molecule has 8 heteroatoms. The van der Waals surface area contributed by atoms with E-state index in [1.807, 2.05) is 37.3 Å². The highest BCUT2D eigenvalue weighted by molar-refractivity contribution is 5.73. The molecule has 1 aromatic heterocycles. The highest BCUT2D eigenvalue weighted by atomic mass is 16.5. The lowest BCUT2D eigenvalue weighted by atomic mass is 10.1. The molecule has 1 saturated heterocycles. The Kier molecular flexibility index (Phi) is 8.21. The molecular formula is C21H30N6O2. The number of aromatic nitrogens is 2. The van der Waals surface area contributed by atoms with E-state index in [2.05, 4.69) is 30.4 Å². The van der Waals surface area contributed by atoms with Gasteiger partial charge in [0, 0.05) is 64.8 Å². The van der Waals surface area contributed by atoms with E-state index >= 15 is 0 Å². The van der Waals surface area contributed by atoms with E-state index in [-0.39, 0.29) is 6.03 Å². The molecule has 1 aromatic carbocycles. The van der Waals surface area contributed by atoms with E-state index in [4.69, 9.17) is 4.74 Å². The Balaban J connectivity index is 1.33. The van der Waals surface area contributed by atoms with Gasteiger partial charge in [0.2, 0.25) is 5.95 Å². The summed E-state index contributed by atoms with van der Waals surface area (Å²) >= 11 is 0. The standard InChI is InChI=1S/C21H30N6O2/c1-2-29-17-19-7-4-3-6-18(19)16-25-21(28)24-10-11-26-12-14-27(15-13-26)20-22-8-5-9-23-20/h3-9H,2,10-17H2,1H3,(H2,24,25,28). The Labute approximate surface area is 172 Å². The zero-order valence-corrected chi connectivity index (χ0v) is 17.0. The van der Waals surface area contributed by atoms with Crippen LogP contribution < -0.4 is 15.5 Å². The minimum Gasteiger partial charge on any atom is -0.377 e. The molecule has 1 aliphatic rings. The van der Waals surface area contributed by atoms with Crippen LogP contribution in [0.2, 0.25) is 0 Å². The molecule has 2 amide bonds. The second kappa shape index (κ2) is 11.3. The summed E-state index contributed by atoms with van der Waals surface area (Å²) in [5, 5.41) is 5.88. The lowest BCUT2D eigenvalue weighted by Gasteiger charge is -2.34. The van der Waals surface area contributed by atoms with Gasteiger partial charge in [0.05, 0.1) is 6.61 Å². The molecule has 2 aromatic rings. The van der Waals surface area contributed by atoms with E-state index in [1.165, 1.54) is 0 Å². The number of amides is 2. The average molecular weight is 399 g/mol. The zero-order valence-electron chi connectivity index (χ0n) is 17.0. The number of benzene rings is 1. The Hall–Kier alpha value is -2.71. The molecule has 2 N–H and O–H groups in total. The second-order valence-electron chi connectivity index (χ2n) is 6.89. The number of hydrogen-bond acceptors (Lipinski definition) is 6. The molecular weight excluding hydrogens is 368 g/mol. The molecule has 1 fully saturated rings. The van der Waals surface area contributed by atoms with Crippen molar-refractivity contribution in [3.05, 3.63) is 53.9 Å². The number of anilines is 1. The van der Waals surface area contributed by atoms with Crippen LogP contribution in [0.1, 0.15) is 18.1 Å². The van der Waals surface area contributed by atoms with Crippen molar-refractivity contribution in [2.75, 3.05) is 50.8 Å². The number of carbonyl (C=O) groups is 1. The number of ether oxygens (including phenoxy) is 1. The van der Waals surface area contributed by atoms with Crippen molar-refractivity contribution in [1.29, 1.82) is 0 Å². The maximum Gasteiger partial charge on any atom is 0.315 e. The molecule has 8 nitrogen and oxygen atoms in total. The maximum absolute atomic E-state index is 12.1. The van der Waals surface area contributed by atoms with Gasteiger partial charge in [-0.05, 0) is 24.1 Å². The molecule has 0 aliphatic carbocycles. The van der Waals surface area contributed by atoms with Crippen LogP contribution in [-0.4, -0.2) is 66.8 Å². The highest BCUT2D eigenvalue weighted by Crippen LogP contribution is 2.10. The summed E-state index contributed by atoms with van der Waals surface area (Å²) in [5.41, 5.74) is 2.19. The van der Waals surface area contributed by atoms with Gasteiger partial charge in [-0.2, -0.15) is 0 Å². The SMILES string of the molecule is CCOCc1ccccc1CNC(=O)NCCN1CCN(c2ncccn2)CC1. The summed E-state index contributed by atoms with van der Waals surface area (Å²) < 4.78 is 5.49. The molecule has 3 rings (SSSR count). The highest BCUT2D eigenvalue weighted by Gasteiger charge is 2.18. The number of carbonyl (C=O) groups excluding carboxylic acids is 1.